The van der Waals surface area contributed by atoms with Crippen LogP contribution in [0.4, 0.5) is 20.4 Å². The normalized spacial score (nSPS) is 11.2. The van der Waals surface area contributed by atoms with E-state index < -0.39 is 17.8 Å². The maximum atomic E-state index is 12.4. The van der Waals surface area contributed by atoms with E-state index in [1.807, 2.05) is 51.1 Å². The molecule has 0 spiro atoms. The molecular weight excluding hydrogens is 452 g/mol. The number of fused-ring (bicyclic) bond motifs is 1. The number of nitrogens with zero attached hydrogens (tertiary/aromatic N) is 3. The van der Waals surface area contributed by atoms with Crippen LogP contribution < -0.4 is 15.0 Å². The highest BCUT2D eigenvalue weighted by Gasteiger charge is 2.21. The van der Waals surface area contributed by atoms with Crippen LogP contribution in [0, 0.1) is 0 Å². The Morgan fingerprint density at radius 2 is 1.76 bits per heavy atom. The number of anilines is 2. The predicted molar refractivity (Wildman–Crippen MR) is 134 cm³/mol. The van der Waals surface area contributed by atoms with Gasteiger partial charge in [-0.3, -0.25) is 15.2 Å². The monoisotopic (exact) mass is 476 g/mol. The van der Waals surface area contributed by atoms with Crippen molar-refractivity contribution in [2.45, 2.75) is 26.4 Å². The van der Waals surface area contributed by atoms with Gasteiger partial charge in [0.15, 0.2) is 5.13 Å². The summed E-state index contributed by atoms with van der Waals surface area (Å²) in [4.78, 5) is 34.8. The number of carbonyl (C=O) groups is 2. The zero-order chi connectivity index (χ0) is 24.3. The first-order valence-electron chi connectivity index (χ1n) is 10.5. The molecule has 1 N–H and O–H groups in total. The Kier molecular flexibility index (Phi) is 6.47. The van der Waals surface area contributed by atoms with Gasteiger partial charge in [0, 0.05) is 18.8 Å². The SMILES string of the molecule is CN(C(=O)OC(C)(C)C)c1cncc(-c2ccc3nc(NC(=O)Oc4ccccc4)sc3c2)c1. The third kappa shape index (κ3) is 5.68. The van der Waals surface area contributed by atoms with Crippen LogP contribution in [0.3, 0.4) is 0 Å². The molecule has 0 aliphatic carbocycles. The van der Waals surface area contributed by atoms with E-state index in [-0.39, 0.29) is 0 Å². The number of benzene rings is 2. The molecule has 9 heteroatoms. The van der Waals surface area contributed by atoms with E-state index in [1.54, 1.807) is 43.7 Å². The average molecular weight is 477 g/mol. The number of aromatic nitrogens is 2. The third-order valence-corrected chi connectivity index (χ3v) is 5.60. The lowest BCUT2D eigenvalue weighted by Crippen LogP contribution is -2.34. The number of hydrogen-bond donors (Lipinski definition) is 1. The number of carbonyl (C=O) groups excluding carboxylic acids is 2. The van der Waals surface area contributed by atoms with E-state index in [0.717, 1.165) is 21.3 Å². The number of amides is 2. The second-order valence-corrected chi connectivity index (χ2v) is 9.53. The molecule has 4 rings (SSSR count). The van der Waals surface area contributed by atoms with Gasteiger partial charge in [0.2, 0.25) is 0 Å². The zero-order valence-corrected chi connectivity index (χ0v) is 20.1. The fourth-order valence-corrected chi connectivity index (χ4v) is 3.96. The lowest BCUT2D eigenvalue weighted by Gasteiger charge is -2.24. The van der Waals surface area contributed by atoms with Crippen molar-refractivity contribution in [1.29, 1.82) is 0 Å². The summed E-state index contributed by atoms with van der Waals surface area (Å²) in [6.07, 6.45) is 2.28. The molecule has 174 valence electrons. The molecule has 8 nitrogen and oxygen atoms in total. The Morgan fingerprint density at radius 3 is 2.50 bits per heavy atom. The van der Waals surface area contributed by atoms with Gasteiger partial charge < -0.3 is 9.47 Å². The van der Waals surface area contributed by atoms with E-state index in [9.17, 15) is 9.59 Å². The molecule has 2 heterocycles. The third-order valence-electron chi connectivity index (χ3n) is 4.66. The first kappa shape index (κ1) is 23.2. The number of nitrogens with one attached hydrogen (secondary N) is 1. The summed E-state index contributed by atoms with van der Waals surface area (Å²) in [6.45, 7) is 5.46. The van der Waals surface area contributed by atoms with Gasteiger partial charge in [0.05, 0.1) is 22.1 Å². The van der Waals surface area contributed by atoms with Gasteiger partial charge in [0.1, 0.15) is 11.4 Å². The predicted octanol–water partition coefficient (Wildman–Crippen LogP) is 6.34. The lowest BCUT2D eigenvalue weighted by atomic mass is 10.1. The Hall–Kier alpha value is -3.98. The van der Waals surface area contributed by atoms with Gasteiger partial charge >= 0.3 is 12.2 Å². The number of pyridine rings is 1. The maximum absolute atomic E-state index is 12.4. The highest BCUT2D eigenvalue weighted by Crippen LogP contribution is 2.31. The highest BCUT2D eigenvalue weighted by atomic mass is 32.1. The van der Waals surface area contributed by atoms with Crippen LogP contribution >= 0.6 is 11.3 Å². The molecule has 0 radical (unpaired) electrons. The fraction of sp³-hybridized carbons (Fsp3) is 0.200. The molecule has 0 saturated carbocycles. The molecule has 0 unspecified atom stereocenters. The van der Waals surface area contributed by atoms with Crippen molar-refractivity contribution in [3.63, 3.8) is 0 Å². The van der Waals surface area contributed by atoms with Gasteiger partial charge in [-0.15, -0.1) is 0 Å². The van der Waals surface area contributed by atoms with Crippen LogP contribution in [-0.4, -0.2) is 34.8 Å². The Labute approximate surface area is 201 Å². The second kappa shape index (κ2) is 9.48. The van der Waals surface area contributed by atoms with E-state index in [4.69, 9.17) is 9.47 Å². The van der Waals surface area contributed by atoms with Crippen molar-refractivity contribution < 1.29 is 19.1 Å². The number of rotatable bonds is 4. The number of para-hydroxylation sites is 1. The van der Waals surface area contributed by atoms with Gasteiger partial charge in [-0.25, -0.2) is 14.6 Å². The van der Waals surface area contributed by atoms with Gasteiger partial charge in [-0.05, 0) is 56.7 Å². The molecular formula is C25H24N4O4S. The van der Waals surface area contributed by atoms with Crippen LogP contribution in [-0.2, 0) is 4.74 Å². The standard InChI is InChI=1S/C25H24N4O4S/c1-25(2,3)33-24(31)29(4)18-12-17(14-26-15-18)16-10-11-20-21(13-16)34-22(27-20)28-23(30)32-19-8-6-5-7-9-19/h5-15H,1-4H3,(H,27,28,30). The summed E-state index contributed by atoms with van der Waals surface area (Å²) in [5.74, 6) is 0.451. The van der Waals surface area contributed by atoms with Crippen molar-refractivity contribution in [2.75, 3.05) is 17.3 Å². The highest BCUT2D eigenvalue weighted by molar-refractivity contribution is 7.22. The summed E-state index contributed by atoms with van der Waals surface area (Å²) in [5.41, 5.74) is 2.51. The molecule has 2 aromatic heterocycles. The van der Waals surface area contributed by atoms with Crippen molar-refractivity contribution in [3.8, 4) is 16.9 Å². The minimum atomic E-state index is -0.604. The number of thiazole rings is 1. The van der Waals surface area contributed by atoms with Gasteiger partial charge in [0.25, 0.3) is 0 Å². The maximum Gasteiger partial charge on any atom is 0.418 e. The molecule has 0 bridgehead atoms. The van der Waals surface area contributed by atoms with E-state index in [2.05, 4.69) is 15.3 Å². The van der Waals surface area contributed by atoms with Crippen LogP contribution in [0.5, 0.6) is 5.75 Å². The molecule has 4 aromatic rings. The van der Waals surface area contributed by atoms with Crippen molar-refractivity contribution in [2.24, 2.45) is 0 Å². The summed E-state index contributed by atoms with van der Waals surface area (Å²) < 4.78 is 11.6. The number of ether oxygens (including phenoxy) is 2. The van der Waals surface area contributed by atoms with Crippen molar-refractivity contribution >= 4 is 44.6 Å². The lowest BCUT2D eigenvalue weighted by molar-refractivity contribution is 0.0589. The Morgan fingerprint density at radius 1 is 1.00 bits per heavy atom. The summed E-state index contributed by atoms with van der Waals surface area (Å²) in [6, 6.07) is 16.5. The Bertz CT molecular complexity index is 1330. The minimum absolute atomic E-state index is 0.435. The summed E-state index contributed by atoms with van der Waals surface area (Å²) in [5, 5.41) is 3.10. The van der Waals surface area contributed by atoms with E-state index in [1.165, 1.54) is 16.2 Å². The topological polar surface area (TPSA) is 93.7 Å². The molecule has 0 atom stereocenters. The molecule has 0 saturated heterocycles. The van der Waals surface area contributed by atoms with Crippen LogP contribution in [0.2, 0.25) is 0 Å². The molecule has 0 fully saturated rings. The Balaban J connectivity index is 1.51. The van der Waals surface area contributed by atoms with E-state index >= 15 is 0 Å². The van der Waals surface area contributed by atoms with Crippen molar-refractivity contribution in [1.82, 2.24) is 9.97 Å². The fourth-order valence-electron chi connectivity index (χ4n) is 3.07. The van der Waals surface area contributed by atoms with Crippen LogP contribution in [0.1, 0.15) is 20.8 Å². The zero-order valence-electron chi connectivity index (χ0n) is 19.2. The quantitative estimate of drug-likeness (QED) is 0.369. The van der Waals surface area contributed by atoms with Gasteiger partial charge in [-0.2, -0.15) is 0 Å². The molecule has 0 aliphatic heterocycles. The second-order valence-electron chi connectivity index (χ2n) is 8.50. The molecule has 2 aromatic carbocycles. The smallest absolute Gasteiger partial charge is 0.418 e. The summed E-state index contributed by atoms with van der Waals surface area (Å²) in [7, 11) is 1.65. The van der Waals surface area contributed by atoms with Crippen molar-refractivity contribution in [3.05, 3.63) is 67.0 Å². The minimum Gasteiger partial charge on any atom is -0.443 e. The average Bonchev–Trinajstić information content (AvgIpc) is 3.19. The number of hydrogen-bond acceptors (Lipinski definition) is 7. The first-order valence-corrected chi connectivity index (χ1v) is 11.4. The van der Waals surface area contributed by atoms with Gasteiger partial charge in [-0.1, -0.05) is 35.6 Å². The first-order chi connectivity index (χ1) is 16.2. The summed E-state index contributed by atoms with van der Waals surface area (Å²) >= 11 is 1.34. The van der Waals surface area contributed by atoms with Crippen LogP contribution in [0.15, 0.2) is 67.0 Å². The molecule has 34 heavy (non-hydrogen) atoms. The largest absolute Gasteiger partial charge is 0.443 e. The molecule has 0 aliphatic rings. The van der Waals surface area contributed by atoms with Crippen LogP contribution in [0.25, 0.3) is 21.3 Å². The molecule has 2 amide bonds. The van der Waals surface area contributed by atoms with E-state index in [0.29, 0.717) is 16.6 Å².